The van der Waals surface area contributed by atoms with Gasteiger partial charge in [-0.1, -0.05) is 13.0 Å². The van der Waals surface area contributed by atoms with Gasteiger partial charge >= 0.3 is 0 Å². The Balaban J connectivity index is 1.87. The highest BCUT2D eigenvalue weighted by atomic mass is 19.2. The van der Waals surface area contributed by atoms with E-state index in [4.69, 9.17) is 0 Å². The minimum absolute atomic E-state index is 0.124. The Labute approximate surface area is 162 Å². The smallest absolute Gasteiger partial charge is 0.255 e. The molecule has 150 valence electrons. The monoisotopic (exact) mass is 392 g/mol. The summed E-state index contributed by atoms with van der Waals surface area (Å²) in [7, 11) is 0. The van der Waals surface area contributed by atoms with Crippen LogP contribution in [0.2, 0.25) is 0 Å². The van der Waals surface area contributed by atoms with Gasteiger partial charge in [0.05, 0.1) is 6.10 Å². The van der Waals surface area contributed by atoms with Crippen LogP contribution in [0.1, 0.15) is 35.7 Å². The summed E-state index contributed by atoms with van der Waals surface area (Å²) in [6, 6.07) is 7.71. The van der Waals surface area contributed by atoms with Crippen molar-refractivity contribution >= 4 is 17.3 Å². The Bertz CT molecular complexity index is 848. The van der Waals surface area contributed by atoms with E-state index in [9.17, 15) is 23.1 Å². The van der Waals surface area contributed by atoms with Crippen molar-refractivity contribution in [2.75, 3.05) is 23.3 Å². The molecule has 2 unspecified atom stereocenters. The van der Waals surface area contributed by atoms with Crippen molar-refractivity contribution in [1.29, 1.82) is 0 Å². The molecule has 28 heavy (non-hydrogen) atoms. The van der Waals surface area contributed by atoms with Gasteiger partial charge in [0.2, 0.25) is 0 Å². The van der Waals surface area contributed by atoms with Gasteiger partial charge in [-0.15, -0.1) is 0 Å². The molecule has 1 aliphatic rings. The first-order valence-corrected chi connectivity index (χ1v) is 9.25. The third-order valence-corrected chi connectivity index (χ3v) is 4.97. The van der Waals surface area contributed by atoms with Crippen LogP contribution < -0.4 is 10.2 Å². The predicted octanol–water partition coefficient (Wildman–Crippen LogP) is 4.28. The van der Waals surface area contributed by atoms with Crippen molar-refractivity contribution in [3.8, 4) is 0 Å². The summed E-state index contributed by atoms with van der Waals surface area (Å²) in [5.41, 5.74) is 1.39. The van der Waals surface area contributed by atoms with Crippen LogP contribution in [-0.4, -0.2) is 30.2 Å². The summed E-state index contributed by atoms with van der Waals surface area (Å²) < 4.78 is 39.9. The molecule has 0 aromatic heterocycles. The van der Waals surface area contributed by atoms with E-state index in [1.54, 1.807) is 6.07 Å². The van der Waals surface area contributed by atoms with Gasteiger partial charge in [-0.25, -0.2) is 13.2 Å². The number of anilines is 2. The number of amides is 1. The maximum atomic E-state index is 13.5. The second kappa shape index (κ2) is 8.65. The SMILES string of the molecule is CC1CCC(O)CN(c2cc(C(=O)Nc3ccc(F)c(F)c3)ccc2CF)C1. The number of carbonyl (C=O) groups is 1. The molecule has 0 spiro atoms. The molecular formula is C21H23F3N2O2. The lowest BCUT2D eigenvalue weighted by atomic mass is 10.0. The molecule has 7 heteroatoms. The summed E-state index contributed by atoms with van der Waals surface area (Å²) >= 11 is 0. The largest absolute Gasteiger partial charge is 0.391 e. The van der Waals surface area contributed by atoms with E-state index < -0.39 is 30.3 Å². The molecule has 0 bridgehead atoms. The van der Waals surface area contributed by atoms with Gasteiger partial charge < -0.3 is 15.3 Å². The summed E-state index contributed by atoms with van der Waals surface area (Å²) in [5.74, 6) is -2.24. The Kier molecular flexibility index (Phi) is 6.24. The molecule has 1 heterocycles. The van der Waals surface area contributed by atoms with Crippen LogP contribution in [0.5, 0.6) is 0 Å². The molecule has 0 radical (unpaired) electrons. The Hall–Kier alpha value is -2.54. The van der Waals surface area contributed by atoms with Crippen molar-refractivity contribution in [2.45, 2.75) is 32.5 Å². The first kappa shape index (κ1) is 20.2. The number of hydrogen-bond acceptors (Lipinski definition) is 3. The zero-order valence-electron chi connectivity index (χ0n) is 15.6. The molecule has 2 atom stereocenters. The minimum atomic E-state index is -1.06. The number of β-amino-alcohol motifs (C(OH)–C–C–N with tert-alkyl or cyclic N) is 1. The highest BCUT2D eigenvalue weighted by Gasteiger charge is 2.23. The van der Waals surface area contributed by atoms with Crippen LogP contribution in [0.4, 0.5) is 24.5 Å². The lowest BCUT2D eigenvalue weighted by Gasteiger charge is -2.28. The number of hydrogen-bond donors (Lipinski definition) is 2. The third kappa shape index (κ3) is 4.65. The Morgan fingerprint density at radius 3 is 2.64 bits per heavy atom. The van der Waals surface area contributed by atoms with E-state index in [2.05, 4.69) is 12.2 Å². The van der Waals surface area contributed by atoms with Crippen LogP contribution >= 0.6 is 0 Å². The van der Waals surface area contributed by atoms with Gasteiger partial charge in [-0.05, 0) is 43.0 Å². The quantitative estimate of drug-likeness (QED) is 0.817. The van der Waals surface area contributed by atoms with Crippen molar-refractivity contribution in [2.24, 2.45) is 5.92 Å². The molecule has 1 amide bonds. The lowest BCUT2D eigenvalue weighted by Crippen LogP contribution is -2.33. The summed E-state index contributed by atoms with van der Waals surface area (Å²) in [6.45, 7) is 2.39. The molecule has 2 aromatic carbocycles. The highest BCUT2D eigenvalue weighted by molar-refractivity contribution is 6.05. The van der Waals surface area contributed by atoms with Gasteiger partial charge in [-0.2, -0.15) is 0 Å². The molecule has 4 nitrogen and oxygen atoms in total. The zero-order valence-corrected chi connectivity index (χ0v) is 15.6. The average molecular weight is 392 g/mol. The Morgan fingerprint density at radius 2 is 1.93 bits per heavy atom. The van der Waals surface area contributed by atoms with Crippen LogP contribution in [0.15, 0.2) is 36.4 Å². The van der Waals surface area contributed by atoms with E-state index in [1.165, 1.54) is 18.2 Å². The van der Waals surface area contributed by atoms with E-state index in [1.807, 2.05) is 4.90 Å². The molecule has 1 fully saturated rings. The van der Waals surface area contributed by atoms with E-state index in [0.717, 1.165) is 18.6 Å². The summed E-state index contributed by atoms with van der Waals surface area (Å²) in [6.07, 6.45) is 1.04. The normalized spacial score (nSPS) is 20.0. The van der Waals surface area contributed by atoms with Crippen molar-refractivity contribution in [3.63, 3.8) is 0 Å². The van der Waals surface area contributed by atoms with Crippen LogP contribution in [0.3, 0.4) is 0 Å². The van der Waals surface area contributed by atoms with E-state index >= 15 is 0 Å². The number of aliphatic hydroxyl groups excluding tert-OH is 1. The minimum Gasteiger partial charge on any atom is -0.391 e. The molecule has 1 saturated heterocycles. The van der Waals surface area contributed by atoms with Gasteiger partial charge in [0.15, 0.2) is 11.6 Å². The average Bonchev–Trinajstić information content (AvgIpc) is 2.85. The number of benzene rings is 2. The number of nitrogens with one attached hydrogen (secondary N) is 1. The molecule has 3 rings (SSSR count). The molecule has 2 aromatic rings. The molecule has 1 aliphatic heterocycles. The van der Waals surface area contributed by atoms with Gasteiger partial charge in [0.1, 0.15) is 6.67 Å². The van der Waals surface area contributed by atoms with Crippen molar-refractivity contribution in [1.82, 2.24) is 0 Å². The second-order valence-corrected chi connectivity index (χ2v) is 7.30. The van der Waals surface area contributed by atoms with Gasteiger partial charge in [0.25, 0.3) is 5.91 Å². The van der Waals surface area contributed by atoms with Gasteiger partial charge in [0, 0.05) is 41.7 Å². The summed E-state index contributed by atoms with van der Waals surface area (Å²) in [4.78, 5) is 14.5. The fourth-order valence-electron chi connectivity index (χ4n) is 3.45. The number of alkyl halides is 1. The van der Waals surface area contributed by atoms with Gasteiger partial charge in [-0.3, -0.25) is 4.79 Å². The van der Waals surface area contributed by atoms with Crippen molar-refractivity contribution < 1.29 is 23.1 Å². The van der Waals surface area contributed by atoms with Crippen LogP contribution in [0, 0.1) is 17.6 Å². The maximum Gasteiger partial charge on any atom is 0.255 e. The fraction of sp³-hybridized carbons (Fsp3) is 0.381. The number of aliphatic hydroxyl groups is 1. The molecule has 0 saturated carbocycles. The van der Waals surface area contributed by atoms with Crippen LogP contribution in [-0.2, 0) is 6.67 Å². The van der Waals surface area contributed by atoms with Crippen LogP contribution in [0.25, 0.3) is 0 Å². The van der Waals surface area contributed by atoms with Crippen molar-refractivity contribution in [3.05, 3.63) is 59.2 Å². The second-order valence-electron chi connectivity index (χ2n) is 7.30. The summed E-state index contributed by atoms with van der Waals surface area (Å²) in [5, 5.41) is 12.7. The van der Waals surface area contributed by atoms with E-state index in [0.29, 0.717) is 36.7 Å². The lowest BCUT2D eigenvalue weighted by molar-refractivity contribution is 0.102. The number of carbonyl (C=O) groups excluding carboxylic acids is 1. The predicted molar refractivity (Wildman–Crippen MR) is 102 cm³/mol. The zero-order chi connectivity index (χ0) is 20.3. The molecule has 2 N–H and O–H groups in total. The van der Waals surface area contributed by atoms with E-state index in [-0.39, 0.29) is 11.3 Å². The highest BCUT2D eigenvalue weighted by Crippen LogP contribution is 2.28. The number of rotatable bonds is 4. The Morgan fingerprint density at radius 1 is 1.14 bits per heavy atom. The fourth-order valence-corrected chi connectivity index (χ4v) is 3.45. The first-order valence-electron chi connectivity index (χ1n) is 9.25. The standard InChI is InChI=1S/C21H23F3N2O2/c1-13-2-6-17(27)12-26(11-13)20-8-14(3-4-15(20)10-22)21(28)25-16-5-7-18(23)19(24)9-16/h3-5,7-9,13,17,27H,2,6,10-12H2,1H3,(H,25,28). The maximum absolute atomic E-state index is 13.5. The number of halogens is 3. The topological polar surface area (TPSA) is 52.6 Å². The first-order chi connectivity index (χ1) is 13.4. The molecular weight excluding hydrogens is 369 g/mol. The molecule has 0 aliphatic carbocycles. The number of nitrogens with zero attached hydrogens (tertiary/aromatic N) is 1. The third-order valence-electron chi connectivity index (χ3n) is 4.97.